The highest BCUT2D eigenvalue weighted by atomic mass is 16.5. The summed E-state index contributed by atoms with van der Waals surface area (Å²) in [5.41, 5.74) is 3.46. The van der Waals surface area contributed by atoms with E-state index in [1.807, 2.05) is 24.4 Å². The number of benzene rings is 3. The standard InChI is InChI=1S/C23H22N2O2/c1-14-5-9-19-18(11-14)22(2,3)23(25(19)4)13-24-21-17-12-16(26)8-6-15(17)7-10-20(21)27-23/h5-13,26H,1-4H3. The summed E-state index contributed by atoms with van der Waals surface area (Å²) in [5.74, 6) is 0.965. The molecule has 0 fully saturated rings. The lowest BCUT2D eigenvalue weighted by molar-refractivity contribution is 0.0826. The van der Waals surface area contributed by atoms with E-state index in [9.17, 15) is 5.11 Å². The molecule has 4 heteroatoms. The number of nitrogens with zero attached hydrogens (tertiary/aromatic N) is 2. The van der Waals surface area contributed by atoms with Crippen LogP contribution in [0.1, 0.15) is 25.0 Å². The van der Waals surface area contributed by atoms with Crippen LogP contribution < -0.4 is 9.64 Å². The molecule has 0 saturated heterocycles. The van der Waals surface area contributed by atoms with Crippen molar-refractivity contribution in [2.45, 2.75) is 31.9 Å². The van der Waals surface area contributed by atoms with Crippen LogP contribution in [0.25, 0.3) is 10.8 Å². The molecule has 1 N–H and O–H groups in total. The van der Waals surface area contributed by atoms with E-state index in [0.29, 0.717) is 0 Å². The van der Waals surface area contributed by atoms with Gasteiger partial charge in [0.15, 0.2) is 0 Å². The fraction of sp³-hybridized carbons (Fsp3) is 0.261. The van der Waals surface area contributed by atoms with Crippen LogP contribution in [0, 0.1) is 6.92 Å². The summed E-state index contributed by atoms with van der Waals surface area (Å²) in [6.45, 7) is 6.53. The largest absolute Gasteiger partial charge is 0.508 e. The van der Waals surface area contributed by atoms with Crippen LogP contribution in [0.5, 0.6) is 11.5 Å². The molecule has 0 saturated carbocycles. The summed E-state index contributed by atoms with van der Waals surface area (Å²) in [7, 11) is 2.06. The highest BCUT2D eigenvalue weighted by Crippen LogP contribution is 2.54. The molecule has 5 rings (SSSR count). The number of rotatable bonds is 0. The molecule has 3 aromatic carbocycles. The van der Waals surface area contributed by atoms with E-state index in [1.54, 1.807) is 12.1 Å². The van der Waals surface area contributed by atoms with Crippen molar-refractivity contribution in [2.24, 2.45) is 4.99 Å². The van der Waals surface area contributed by atoms with E-state index < -0.39 is 5.72 Å². The SMILES string of the molecule is Cc1ccc2c(c1)C(C)(C)C1(C=Nc3c(ccc4ccc(O)cc34)O1)N2C. The fourth-order valence-corrected chi connectivity index (χ4v) is 4.51. The van der Waals surface area contributed by atoms with Gasteiger partial charge in [-0.15, -0.1) is 0 Å². The lowest BCUT2D eigenvalue weighted by Crippen LogP contribution is -2.61. The number of phenols is 1. The summed E-state index contributed by atoms with van der Waals surface area (Å²) in [4.78, 5) is 7.03. The Hall–Kier alpha value is -3.01. The molecule has 1 unspecified atom stereocenters. The van der Waals surface area contributed by atoms with Gasteiger partial charge in [0.05, 0.1) is 11.6 Å². The number of hydrogen-bond acceptors (Lipinski definition) is 4. The number of phenolic OH excluding ortho intramolecular Hbond substituents is 1. The highest BCUT2D eigenvalue weighted by molar-refractivity contribution is 6.00. The minimum atomic E-state index is -0.694. The molecule has 0 aromatic heterocycles. The normalized spacial score (nSPS) is 22.0. The molecule has 1 atom stereocenters. The molecule has 4 nitrogen and oxygen atoms in total. The topological polar surface area (TPSA) is 45.1 Å². The molecule has 2 aliphatic heterocycles. The molecule has 0 amide bonds. The lowest BCUT2D eigenvalue weighted by Gasteiger charge is -2.45. The van der Waals surface area contributed by atoms with Crippen LogP contribution in [0.2, 0.25) is 0 Å². The van der Waals surface area contributed by atoms with Gasteiger partial charge in [0.1, 0.15) is 17.2 Å². The zero-order valence-electron chi connectivity index (χ0n) is 15.9. The molecule has 27 heavy (non-hydrogen) atoms. The van der Waals surface area contributed by atoms with Crippen molar-refractivity contribution in [3.8, 4) is 11.5 Å². The molecule has 2 aliphatic rings. The zero-order chi connectivity index (χ0) is 19.0. The quantitative estimate of drug-likeness (QED) is 0.610. The van der Waals surface area contributed by atoms with Crippen molar-refractivity contribution in [1.82, 2.24) is 0 Å². The van der Waals surface area contributed by atoms with Gasteiger partial charge in [0, 0.05) is 18.1 Å². The molecule has 1 spiro atoms. The first-order valence-electron chi connectivity index (χ1n) is 9.18. The molecular formula is C23H22N2O2. The van der Waals surface area contributed by atoms with Gasteiger partial charge in [0.2, 0.25) is 5.72 Å². The summed E-state index contributed by atoms with van der Waals surface area (Å²) < 4.78 is 6.67. The van der Waals surface area contributed by atoms with Crippen LogP contribution in [0.4, 0.5) is 11.4 Å². The molecule has 0 radical (unpaired) electrons. The van der Waals surface area contributed by atoms with E-state index in [4.69, 9.17) is 9.73 Å². The third kappa shape index (κ3) is 1.95. The summed E-state index contributed by atoms with van der Waals surface area (Å²) in [6, 6.07) is 15.9. The van der Waals surface area contributed by atoms with E-state index in [2.05, 4.69) is 50.9 Å². The van der Waals surface area contributed by atoms with E-state index in [-0.39, 0.29) is 11.2 Å². The number of likely N-dealkylation sites (N-methyl/N-ethyl adjacent to an activating group) is 1. The van der Waals surface area contributed by atoms with Crippen LogP contribution in [0.15, 0.2) is 53.5 Å². The van der Waals surface area contributed by atoms with Gasteiger partial charge < -0.3 is 14.7 Å². The first-order valence-corrected chi connectivity index (χ1v) is 9.18. The van der Waals surface area contributed by atoms with Crippen LogP contribution >= 0.6 is 0 Å². The lowest BCUT2D eigenvalue weighted by atomic mass is 9.77. The summed E-state index contributed by atoms with van der Waals surface area (Å²) >= 11 is 0. The van der Waals surface area contributed by atoms with Crippen molar-refractivity contribution in [3.63, 3.8) is 0 Å². The Morgan fingerprint density at radius 3 is 2.63 bits per heavy atom. The Kier molecular flexibility index (Phi) is 3.02. The average Bonchev–Trinajstić information content (AvgIpc) is 2.80. The summed E-state index contributed by atoms with van der Waals surface area (Å²) in [5, 5.41) is 11.8. The van der Waals surface area contributed by atoms with Crippen molar-refractivity contribution in [3.05, 3.63) is 59.7 Å². The van der Waals surface area contributed by atoms with E-state index in [0.717, 1.165) is 22.2 Å². The monoisotopic (exact) mass is 358 g/mol. The van der Waals surface area contributed by atoms with Crippen molar-refractivity contribution >= 4 is 28.4 Å². The Bertz CT molecular complexity index is 1130. The smallest absolute Gasteiger partial charge is 0.228 e. The number of hydrogen-bond donors (Lipinski definition) is 1. The Balaban J connectivity index is 1.71. The zero-order valence-corrected chi connectivity index (χ0v) is 15.9. The number of anilines is 1. The molecule has 136 valence electrons. The van der Waals surface area contributed by atoms with Gasteiger partial charge in [-0.05, 0) is 56.0 Å². The average molecular weight is 358 g/mol. The molecule has 2 heterocycles. The predicted molar refractivity (Wildman–Crippen MR) is 110 cm³/mol. The van der Waals surface area contributed by atoms with Crippen molar-refractivity contribution < 1.29 is 9.84 Å². The first kappa shape index (κ1) is 16.2. The second kappa shape index (κ2) is 5.03. The fourth-order valence-electron chi connectivity index (χ4n) is 4.51. The van der Waals surface area contributed by atoms with Gasteiger partial charge in [-0.3, -0.25) is 4.99 Å². The number of aryl methyl sites for hydroxylation is 1. The predicted octanol–water partition coefficient (Wildman–Crippen LogP) is 5.07. The van der Waals surface area contributed by atoms with Crippen LogP contribution in [-0.2, 0) is 5.41 Å². The third-order valence-corrected chi connectivity index (χ3v) is 6.15. The first-order chi connectivity index (χ1) is 12.8. The van der Waals surface area contributed by atoms with Gasteiger partial charge in [-0.2, -0.15) is 0 Å². The highest BCUT2D eigenvalue weighted by Gasteiger charge is 2.58. The number of ether oxygens (including phenoxy) is 1. The summed E-state index contributed by atoms with van der Waals surface area (Å²) in [6.07, 6.45) is 1.92. The Morgan fingerprint density at radius 2 is 1.81 bits per heavy atom. The minimum Gasteiger partial charge on any atom is -0.508 e. The second-order valence-corrected chi connectivity index (χ2v) is 8.08. The minimum absolute atomic E-state index is 0.229. The Morgan fingerprint density at radius 1 is 1.04 bits per heavy atom. The van der Waals surface area contributed by atoms with Crippen LogP contribution in [0.3, 0.4) is 0 Å². The third-order valence-electron chi connectivity index (χ3n) is 6.15. The molecule has 0 aliphatic carbocycles. The second-order valence-electron chi connectivity index (χ2n) is 8.08. The number of fused-ring (bicyclic) bond motifs is 4. The van der Waals surface area contributed by atoms with Crippen molar-refractivity contribution in [1.29, 1.82) is 0 Å². The molecule has 3 aromatic rings. The number of aromatic hydroxyl groups is 1. The van der Waals surface area contributed by atoms with Crippen LogP contribution in [-0.4, -0.2) is 24.1 Å². The molecule has 0 bridgehead atoms. The van der Waals surface area contributed by atoms with Gasteiger partial charge in [-0.25, -0.2) is 0 Å². The number of aliphatic imine (C=N–C) groups is 1. The maximum absolute atomic E-state index is 9.91. The van der Waals surface area contributed by atoms with Gasteiger partial charge in [0.25, 0.3) is 0 Å². The van der Waals surface area contributed by atoms with Gasteiger partial charge >= 0.3 is 0 Å². The van der Waals surface area contributed by atoms with E-state index >= 15 is 0 Å². The van der Waals surface area contributed by atoms with E-state index in [1.165, 1.54) is 16.8 Å². The van der Waals surface area contributed by atoms with Crippen molar-refractivity contribution in [2.75, 3.05) is 11.9 Å². The molecular weight excluding hydrogens is 336 g/mol. The maximum Gasteiger partial charge on any atom is 0.228 e. The van der Waals surface area contributed by atoms with Gasteiger partial charge in [-0.1, -0.05) is 29.8 Å². The maximum atomic E-state index is 9.91. The Labute approximate surface area is 158 Å².